The van der Waals surface area contributed by atoms with Crippen LogP contribution in [0.25, 0.3) is 0 Å². The lowest BCUT2D eigenvalue weighted by atomic mass is 10.4. The van der Waals surface area contributed by atoms with Crippen molar-refractivity contribution in [2.45, 2.75) is 19.8 Å². The van der Waals surface area contributed by atoms with Gasteiger partial charge in [-0.1, -0.05) is 6.58 Å². The summed E-state index contributed by atoms with van der Waals surface area (Å²) in [5.41, 5.74) is 0.474. The monoisotopic (exact) mass is 183 g/mol. The summed E-state index contributed by atoms with van der Waals surface area (Å²) in [6, 6.07) is 0. The number of nitrogens with zero attached hydrogens (tertiary/aromatic N) is 1. The molecule has 3 nitrogen and oxygen atoms in total. The Hall–Kier alpha value is -0.830. The van der Waals surface area contributed by atoms with Crippen molar-refractivity contribution in [2.75, 3.05) is 26.2 Å². The summed E-state index contributed by atoms with van der Waals surface area (Å²) in [5, 5.41) is 0. The first-order chi connectivity index (χ1) is 6.20. The fraction of sp³-hybridized carbons (Fsp3) is 0.700. The Labute approximate surface area is 79.4 Å². The number of likely N-dealkylation sites (tertiary alicyclic amines) is 1. The second kappa shape index (κ2) is 5.02. The van der Waals surface area contributed by atoms with Crippen LogP contribution < -0.4 is 0 Å². The molecule has 1 rings (SSSR count). The first-order valence-electron chi connectivity index (χ1n) is 4.75. The zero-order valence-electron chi connectivity index (χ0n) is 8.21. The molecule has 0 unspecified atom stereocenters. The van der Waals surface area contributed by atoms with Gasteiger partial charge in [0.25, 0.3) is 0 Å². The van der Waals surface area contributed by atoms with Gasteiger partial charge in [-0.3, -0.25) is 4.90 Å². The van der Waals surface area contributed by atoms with Crippen LogP contribution in [0.5, 0.6) is 0 Å². The van der Waals surface area contributed by atoms with Crippen molar-refractivity contribution in [2.24, 2.45) is 0 Å². The highest BCUT2D eigenvalue weighted by Crippen LogP contribution is 2.06. The summed E-state index contributed by atoms with van der Waals surface area (Å²) in [7, 11) is 0. The maximum atomic E-state index is 11.0. The van der Waals surface area contributed by atoms with E-state index >= 15 is 0 Å². The number of esters is 1. The van der Waals surface area contributed by atoms with Gasteiger partial charge in [-0.15, -0.1) is 0 Å². The molecular formula is C10H17NO2. The molecule has 0 amide bonds. The van der Waals surface area contributed by atoms with Gasteiger partial charge in [0.05, 0.1) is 0 Å². The Morgan fingerprint density at radius 3 is 2.62 bits per heavy atom. The minimum atomic E-state index is -0.279. The van der Waals surface area contributed by atoms with Crippen molar-refractivity contribution in [3.63, 3.8) is 0 Å². The molecule has 0 aliphatic carbocycles. The topological polar surface area (TPSA) is 29.5 Å². The molecule has 0 saturated carbocycles. The quantitative estimate of drug-likeness (QED) is 0.484. The highest BCUT2D eigenvalue weighted by molar-refractivity contribution is 5.86. The predicted octanol–water partition coefficient (Wildman–Crippen LogP) is 1.20. The number of hydrogen-bond donors (Lipinski definition) is 0. The van der Waals surface area contributed by atoms with E-state index in [1.165, 1.54) is 12.8 Å². The van der Waals surface area contributed by atoms with Crippen LogP contribution in [-0.4, -0.2) is 37.1 Å². The molecule has 1 heterocycles. The molecule has 1 saturated heterocycles. The SMILES string of the molecule is C=C(C)C(=O)OCCN1CCCC1. The molecule has 0 radical (unpaired) electrons. The maximum Gasteiger partial charge on any atom is 0.333 e. The summed E-state index contributed by atoms with van der Waals surface area (Å²) in [6.07, 6.45) is 2.54. The molecule has 74 valence electrons. The van der Waals surface area contributed by atoms with Crippen molar-refractivity contribution >= 4 is 5.97 Å². The largest absolute Gasteiger partial charge is 0.461 e. The van der Waals surface area contributed by atoms with Gasteiger partial charge in [0.2, 0.25) is 0 Å². The van der Waals surface area contributed by atoms with Gasteiger partial charge in [0.15, 0.2) is 0 Å². The first-order valence-corrected chi connectivity index (χ1v) is 4.75. The third kappa shape index (κ3) is 3.59. The molecule has 0 aromatic carbocycles. The third-order valence-corrected chi connectivity index (χ3v) is 2.19. The summed E-state index contributed by atoms with van der Waals surface area (Å²) in [4.78, 5) is 13.3. The number of carbonyl (C=O) groups excluding carboxylic acids is 1. The lowest BCUT2D eigenvalue weighted by molar-refractivity contribution is -0.139. The molecule has 1 aliphatic rings. The molecular weight excluding hydrogens is 166 g/mol. The minimum Gasteiger partial charge on any atom is -0.461 e. The van der Waals surface area contributed by atoms with E-state index in [4.69, 9.17) is 4.74 Å². The Balaban J connectivity index is 2.06. The van der Waals surface area contributed by atoms with Gasteiger partial charge in [0, 0.05) is 12.1 Å². The molecule has 1 fully saturated rings. The van der Waals surface area contributed by atoms with Crippen LogP contribution in [0.15, 0.2) is 12.2 Å². The summed E-state index contributed by atoms with van der Waals surface area (Å²) in [5.74, 6) is -0.279. The van der Waals surface area contributed by atoms with Crippen molar-refractivity contribution in [1.82, 2.24) is 4.90 Å². The molecule has 13 heavy (non-hydrogen) atoms. The predicted molar refractivity (Wildman–Crippen MR) is 51.4 cm³/mol. The molecule has 1 aliphatic heterocycles. The van der Waals surface area contributed by atoms with Crippen molar-refractivity contribution in [3.8, 4) is 0 Å². The summed E-state index contributed by atoms with van der Waals surface area (Å²) < 4.78 is 4.99. The molecule has 0 atom stereocenters. The lowest BCUT2D eigenvalue weighted by Crippen LogP contribution is -2.25. The van der Waals surface area contributed by atoms with Gasteiger partial charge in [0.1, 0.15) is 6.61 Å². The molecule has 0 bridgehead atoms. The number of rotatable bonds is 4. The van der Waals surface area contributed by atoms with Crippen LogP contribution >= 0.6 is 0 Å². The fourth-order valence-corrected chi connectivity index (χ4v) is 1.40. The van der Waals surface area contributed by atoms with Crippen molar-refractivity contribution < 1.29 is 9.53 Å². The average Bonchev–Trinajstić information content (AvgIpc) is 2.56. The van der Waals surface area contributed by atoms with Crippen molar-refractivity contribution in [3.05, 3.63) is 12.2 Å². The maximum absolute atomic E-state index is 11.0. The van der Waals surface area contributed by atoms with E-state index in [1.807, 2.05) is 0 Å². The molecule has 0 spiro atoms. The average molecular weight is 183 g/mol. The second-order valence-electron chi connectivity index (χ2n) is 3.46. The second-order valence-corrected chi connectivity index (χ2v) is 3.46. The Morgan fingerprint density at radius 2 is 2.08 bits per heavy atom. The summed E-state index contributed by atoms with van der Waals surface area (Å²) in [6.45, 7) is 8.82. The molecule has 3 heteroatoms. The summed E-state index contributed by atoms with van der Waals surface area (Å²) >= 11 is 0. The number of hydrogen-bond acceptors (Lipinski definition) is 3. The standard InChI is InChI=1S/C10H17NO2/c1-9(2)10(12)13-8-7-11-5-3-4-6-11/h1,3-8H2,2H3. The van der Waals surface area contributed by atoms with Gasteiger partial charge < -0.3 is 4.74 Å². The van der Waals surface area contributed by atoms with Gasteiger partial charge in [-0.05, 0) is 32.9 Å². The number of carbonyl (C=O) groups is 1. The van der Waals surface area contributed by atoms with E-state index in [1.54, 1.807) is 6.92 Å². The van der Waals surface area contributed by atoms with E-state index in [0.29, 0.717) is 12.2 Å². The van der Waals surface area contributed by atoms with E-state index in [-0.39, 0.29) is 5.97 Å². The van der Waals surface area contributed by atoms with Crippen molar-refractivity contribution in [1.29, 1.82) is 0 Å². The third-order valence-electron chi connectivity index (χ3n) is 2.19. The zero-order valence-corrected chi connectivity index (χ0v) is 8.21. The number of ether oxygens (including phenoxy) is 1. The Bertz CT molecular complexity index is 195. The molecule has 0 aromatic rings. The van der Waals surface area contributed by atoms with Crippen LogP contribution in [-0.2, 0) is 9.53 Å². The van der Waals surface area contributed by atoms with Crippen LogP contribution in [0.1, 0.15) is 19.8 Å². The highest BCUT2D eigenvalue weighted by atomic mass is 16.5. The van der Waals surface area contributed by atoms with Crippen LogP contribution in [0, 0.1) is 0 Å². The Kier molecular flexibility index (Phi) is 3.96. The van der Waals surface area contributed by atoms with Gasteiger partial charge in [-0.2, -0.15) is 0 Å². The van der Waals surface area contributed by atoms with E-state index in [0.717, 1.165) is 19.6 Å². The van der Waals surface area contributed by atoms with E-state index in [9.17, 15) is 4.79 Å². The minimum absolute atomic E-state index is 0.279. The lowest BCUT2D eigenvalue weighted by Gasteiger charge is -2.13. The first kappa shape index (κ1) is 10.3. The van der Waals surface area contributed by atoms with Gasteiger partial charge >= 0.3 is 5.97 Å². The smallest absolute Gasteiger partial charge is 0.333 e. The van der Waals surface area contributed by atoms with E-state index in [2.05, 4.69) is 11.5 Å². The highest BCUT2D eigenvalue weighted by Gasteiger charge is 2.11. The van der Waals surface area contributed by atoms with Gasteiger partial charge in [-0.25, -0.2) is 4.79 Å². The molecule has 0 aromatic heterocycles. The fourth-order valence-electron chi connectivity index (χ4n) is 1.40. The Morgan fingerprint density at radius 1 is 1.46 bits per heavy atom. The van der Waals surface area contributed by atoms with Crippen LogP contribution in [0.4, 0.5) is 0 Å². The van der Waals surface area contributed by atoms with Crippen LogP contribution in [0.2, 0.25) is 0 Å². The molecule has 0 N–H and O–H groups in total. The van der Waals surface area contributed by atoms with Crippen LogP contribution in [0.3, 0.4) is 0 Å². The normalized spacial score (nSPS) is 17.3. The zero-order chi connectivity index (χ0) is 9.68. The van der Waals surface area contributed by atoms with E-state index < -0.39 is 0 Å².